The average molecular weight is 873 g/mol. The molecular formula is C42H52N2O18. The highest BCUT2D eigenvalue weighted by Gasteiger charge is 2.50. The van der Waals surface area contributed by atoms with E-state index in [-0.39, 0.29) is 40.7 Å². The third kappa shape index (κ3) is 9.63. The summed E-state index contributed by atoms with van der Waals surface area (Å²) < 4.78 is 45.2. The molecule has 8 N–H and O–H groups in total. The summed E-state index contributed by atoms with van der Waals surface area (Å²) >= 11 is 0. The third-order valence-corrected chi connectivity index (χ3v) is 10.9. The van der Waals surface area contributed by atoms with Crippen molar-refractivity contribution in [3.8, 4) is 51.6 Å². The number of nitrogens with zero attached hydrogens (tertiary/aromatic N) is 2. The molecule has 1 amide bonds. The number of aliphatic hydroxyl groups is 7. The highest BCUT2D eigenvalue weighted by molar-refractivity contribution is 5.86. The maximum Gasteiger partial charge on any atom is 0.260 e. The number of hydrogen-bond acceptors (Lipinski definition) is 19. The van der Waals surface area contributed by atoms with Gasteiger partial charge in [0.25, 0.3) is 5.91 Å². The molecule has 62 heavy (non-hydrogen) atoms. The van der Waals surface area contributed by atoms with E-state index in [1.54, 1.807) is 38.4 Å². The lowest BCUT2D eigenvalue weighted by Gasteiger charge is -2.43. The number of amides is 1. The van der Waals surface area contributed by atoms with Gasteiger partial charge in [0.05, 0.1) is 34.5 Å². The van der Waals surface area contributed by atoms with Crippen molar-refractivity contribution >= 4 is 16.9 Å². The molecule has 1 unspecified atom stereocenters. The number of ether oxygens (including phenoxy) is 7. The van der Waals surface area contributed by atoms with Gasteiger partial charge in [-0.3, -0.25) is 14.5 Å². The number of carbonyl (C=O) groups is 1. The minimum absolute atomic E-state index is 0.0152. The summed E-state index contributed by atoms with van der Waals surface area (Å²) in [4.78, 5) is 30.5. The number of aliphatic hydroxyl groups excluding tert-OH is 7. The fourth-order valence-corrected chi connectivity index (χ4v) is 7.38. The monoisotopic (exact) mass is 872 g/mol. The van der Waals surface area contributed by atoms with Gasteiger partial charge in [0.2, 0.25) is 12.0 Å². The van der Waals surface area contributed by atoms with E-state index in [1.807, 2.05) is 12.1 Å². The normalized spacial score (nSPS) is 22.6. The predicted octanol–water partition coefficient (Wildman–Crippen LogP) is -0.427. The molecule has 3 heterocycles. The number of methoxy groups -OCH3 is 4. The van der Waals surface area contributed by atoms with Gasteiger partial charge in [0.1, 0.15) is 71.0 Å². The van der Waals surface area contributed by atoms with E-state index in [4.69, 9.17) is 37.6 Å². The SMILES string of the molecule is COc1ccc(-c2cc(=O)c3c(O)cc(OC4O[C@H]([C@H](O)[C@@H](O)[C@H](O)[C@@H](C)O)[C@@H](O)[C@H](O)[C@H]4O)cc3o2)cc1OCC(=O)N1CCN(Cc2ccc(OC)c(OC)c2OC)CC1. The van der Waals surface area contributed by atoms with Crippen molar-refractivity contribution in [2.24, 2.45) is 0 Å². The van der Waals surface area contributed by atoms with Crippen LogP contribution >= 0.6 is 0 Å². The van der Waals surface area contributed by atoms with Gasteiger partial charge in [-0.05, 0) is 31.2 Å². The molecule has 2 saturated heterocycles. The Hall–Kier alpha value is -5.42. The quantitative estimate of drug-likeness (QED) is 0.0709. The van der Waals surface area contributed by atoms with E-state index in [0.717, 1.165) is 24.6 Å². The average Bonchev–Trinajstić information content (AvgIpc) is 3.27. The lowest BCUT2D eigenvalue weighted by atomic mass is 9.90. The summed E-state index contributed by atoms with van der Waals surface area (Å²) in [6.07, 6.45) is -17.0. The standard InChI is InChI=1S/C42H52N2O18/c1-20(45)33(49)34(50)36(52)41-37(53)35(51)38(54)42(62-41)60-23-15-24(46)32-25(47)17-28(61-30(32)16-23)21-6-8-26(55-2)29(14-21)59-19-31(48)44-12-10-43(11-13-44)18-22-7-9-27(56-3)40(58-5)39(22)57-4/h6-9,14-17,20,33-38,41-42,45-46,49-54H,10-13,18-19H2,1-5H3/t20-,33-,34+,35+,36-,37+,38-,41-,42?/m1/s1. The number of phenolic OH excluding ortho intramolecular Hbond substituents is 1. The molecule has 20 nitrogen and oxygen atoms in total. The lowest BCUT2D eigenvalue weighted by molar-refractivity contribution is -0.298. The van der Waals surface area contributed by atoms with Crippen molar-refractivity contribution in [1.82, 2.24) is 9.80 Å². The highest BCUT2D eigenvalue weighted by atomic mass is 16.7. The van der Waals surface area contributed by atoms with Crippen molar-refractivity contribution in [3.63, 3.8) is 0 Å². The van der Waals surface area contributed by atoms with Gasteiger partial charge in [-0.25, -0.2) is 0 Å². The second-order valence-electron chi connectivity index (χ2n) is 14.9. The van der Waals surface area contributed by atoms with Crippen LogP contribution in [0.3, 0.4) is 0 Å². The summed E-state index contributed by atoms with van der Waals surface area (Å²) in [5, 5.41) is 83.0. The first-order valence-corrected chi connectivity index (χ1v) is 19.6. The van der Waals surface area contributed by atoms with E-state index >= 15 is 0 Å². The fraction of sp³-hybridized carbons (Fsp3) is 0.476. The molecule has 20 heteroatoms. The van der Waals surface area contributed by atoms with Crippen LogP contribution in [0.4, 0.5) is 0 Å². The van der Waals surface area contributed by atoms with Crippen molar-refractivity contribution in [1.29, 1.82) is 0 Å². The number of piperazine rings is 1. The molecule has 0 spiro atoms. The molecule has 6 rings (SSSR count). The van der Waals surface area contributed by atoms with Gasteiger partial charge in [-0.2, -0.15) is 0 Å². The van der Waals surface area contributed by atoms with Crippen LogP contribution < -0.4 is 33.8 Å². The Morgan fingerprint density at radius 3 is 2.11 bits per heavy atom. The Balaban J connectivity index is 1.14. The molecular weight excluding hydrogens is 820 g/mol. The largest absolute Gasteiger partial charge is 0.507 e. The van der Waals surface area contributed by atoms with Gasteiger partial charge < -0.3 is 83.3 Å². The van der Waals surface area contributed by atoms with E-state index in [2.05, 4.69) is 4.90 Å². The van der Waals surface area contributed by atoms with E-state index < -0.39 is 66.3 Å². The number of fused-ring (bicyclic) bond motifs is 1. The van der Waals surface area contributed by atoms with Crippen molar-refractivity contribution in [2.75, 3.05) is 61.2 Å². The molecule has 1 aromatic heterocycles. The Bertz CT molecular complexity index is 2240. The molecule has 2 aliphatic rings. The molecule has 2 aliphatic heterocycles. The minimum atomic E-state index is -2.08. The molecule has 2 fully saturated rings. The van der Waals surface area contributed by atoms with Gasteiger partial charge >= 0.3 is 0 Å². The molecule has 3 aromatic carbocycles. The fourth-order valence-electron chi connectivity index (χ4n) is 7.38. The number of aromatic hydroxyl groups is 1. The van der Waals surface area contributed by atoms with Gasteiger partial charge in [-0.15, -0.1) is 0 Å². The van der Waals surface area contributed by atoms with Crippen LogP contribution in [0.5, 0.6) is 40.2 Å². The first-order chi connectivity index (χ1) is 29.6. The highest BCUT2D eigenvalue weighted by Crippen LogP contribution is 2.41. The minimum Gasteiger partial charge on any atom is -0.507 e. The lowest BCUT2D eigenvalue weighted by Crippen LogP contribution is -2.64. The molecule has 4 aromatic rings. The number of phenols is 1. The van der Waals surface area contributed by atoms with E-state index in [9.17, 15) is 50.4 Å². The molecule has 0 radical (unpaired) electrons. The molecule has 0 saturated carbocycles. The summed E-state index contributed by atoms with van der Waals surface area (Å²) in [7, 11) is 6.09. The predicted molar refractivity (Wildman–Crippen MR) is 217 cm³/mol. The zero-order valence-corrected chi connectivity index (χ0v) is 34.6. The first-order valence-electron chi connectivity index (χ1n) is 19.6. The van der Waals surface area contributed by atoms with Gasteiger partial charge in [-0.1, -0.05) is 6.07 Å². The third-order valence-electron chi connectivity index (χ3n) is 10.9. The summed E-state index contributed by atoms with van der Waals surface area (Å²) in [6.45, 7) is 3.47. The number of rotatable bonds is 16. The maximum absolute atomic E-state index is 13.3. The Morgan fingerprint density at radius 2 is 1.47 bits per heavy atom. The van der Waals surface area contributed by atoms with Crippen molar-refractivity contribution in [3.05, 3.63) is 64.3 Å². The van der Waals surface area contributed by atoms with Gasteiger partial charge in [0, 0.05) is 62.0 Å². The summed E-state index contributed by atoms with van der Waals surface area (Å²) in [5.41, 5.74) is 0.405. The molecule has 0 aliphatic carbocycles. The van der Waals surface area contributed by atoms with Crippen LogP contribution in [0, 0.1) is 0 Å². The van der Waals surface area contributed by atoms with Crippen LogP contribution in [0.1, 0.15) is 12.5 Å². The number of carbonyl (C=O) groups excluding carboxylic acids is 1. The summed E-state index contributed by atoms with van der Waals surface area (Å²) in [6, 6.07) is 11.7. The Morgan fingerprint density at radius 1 is 0.790 bits per heavy atom. The maximum atomic E-state index is 13.3. The second kappa shape index (κ2) is 19.7. The second-order valence-corrected chi connectivity index (χ2v) is 14.9. The smallest absolute Gasteiger partial charge is 0.260 e. The number of hydrogen-bond donors (Lipinski definition) is 8. The van der Waals surface area contributed by atoms with E-state index in [0.29, 0.717) is 61.3 Å². The Kier molecular flexibility index (Phi) is 14.7. The Labute approximate surface area is 355 Å². The van der Waals surface area contributed by atoms with Crippen LogP contribution in [0.2, 0.25) is 0 Å². The van der Waals surface area contributed by atoms with Crippen LogP contribution in [0.25, 0.3) is 22.3 Å². The summed E-state index contributed by atoms with van der Waals surface area (Å²) in [5.74, 6) is 1.01. The van der Waals surface area contributed by atoms with Gasteiger partial charge in [0.15, 0.2) is 35.0 Å². The van der Waals surface area contributed by atoms with Crippen molar-refractivity contribution < 1.29 is 83.2 Å². The van der Waals surface area contributed by atoms with Crippen LogP contribution in [0.15, 0.2) is 57.7 Å². The topological polar surface area (TPSA) is 280 Å². The van der Waals surface area contributed by atoms with Crippen LogP contribution in [-0.2, 0) is 16.1 Å². The first kappa shape index (κ1) is 46.1. The van der Waals surface area contributed by atoms with Crippen LogP contribution in [-0.4, -0.2) is 173 Å². The molecule has 0 bridgehead atoms. The van der Waals surface area contributed by atoms with Crippen molar-refractivity contribution in [2.45, 2.75) is 68.6 Å². The van der Waals surface area contributed by atoms with E-state index in [1.165, 1.54) is 19.2 Å². The zero-order valence-electron chi connectivity index (χ0n) is 34.6. The molecule has 9 atom stereocenters. The number of benzene rings is 3. The molecule has 338 valence electrons. The zero-order chi connectivity index (χ0) is 45.0.